The Hall–Kier alpha value is -1.71. The third kappa shape index (κ3) is 5.24. The smallest absolute Gasteiger partial charge is 0.191 e. The maximum Gasteiger partial charge on any atom is 0.191 e. The highest BCUT2D eigenvalue weighted by atomic mass is 16.5. The van der Waals surface area contributed by atoms with E-state index < -0.39 is 0 Å². The number of nitrogens with zero attached hydrogens (tertiary/aromatic N) is 1. The van der Waals surface area contributed by atoms with Crippen molar-refractivity contribution in [2.75, 3.05) is 13.6 Å². The van der Waals surface area contributed by atoms with Gasteiger partial charge in [0, 0.05) is 25.7 Å². The van der Waals surface area contributed by atoms with Gasteiger partial charge in [0.1, 0.15) is 5.75 Å². The van der Waals surface area contributed by atoms with Gasteiger partial charge in [0.25, 0.3) is 0 Å². The van der Waals surface area contributed by atoms with Crippen molar-refractivity contribution in [2.24, 2.45) is 10.9 Å². The minimum Gasteiger partial charge on any atom is -0.490 e. The first-order chi connectivity index (χ1) is 10.7. The minimum atomic E-state index is 0.388. The number of benzene rings is 1. The molecule has 0 aromatic heterocycles. The van der Waals surface area contributed by atoms with Crippen molar-refractivity contribution in [2.45, 2.75) is 52.2 Å². The molecule has 1 aliphatic carbocycles. The number of guanidine groups is 1. The number of nitrogens with one attached hydrogen (secondary N) is 2. The molecule has 4 heteroatoms. The number of aliphatic imine (C=N–C) groups is 1. The van der Waals surface area contributed by atoms with Crippen LogP contribution in [0.25, 0.3) is 0 Å². The Morgan fingerprint density at radius 1 is 1.23 bits per heavy atom. The molecule has 22 heavy (non-hydrogen) atoms. The van der Waals surface area contributed by atoms with Crippen molar-refractivity contribution in [3.05, 3.63) is 29.8 Å². The van der Waals surface area contributed by atoms with Gasteiger partial charge in [-0.05, 0) is 37.7 Å². The van der Waals surface area contributed by atoms with Crippen LogP contribution in [0, 0.1) is 5.92 Å². The van der Waals surface area contributed by atoms with Gasteiger partial charge in [-0.15, -0.1) is 0 Å². The normalized spacial score (nSPS) is 16.1. The summed E-state index contributed by atoms with van der Waals surface area (Å²) in [4.78, 5) is 4.26. The summed E-state index contributed by atoms with van der Waals surface area (Å²) < 4.78 is 6.17. The summed E-state index contributed by atoms with van der Waals surface area (Å²) in [5.74, 6) is 2.43. The fourth-order valence-corrected chi connectivity index (χ4v) is 2.65. The molecule has 1 aliphatic rings. The summed E-state index contributed by atoms with van der Waals surface area (Å²) in [5, 5.41) is 6.70. The van der Waals surface area contributed by atoms with E-state index in [2.05, 4.69) is 47.7 Å². The number of rotatable bonds is 6. The van der Waals surface area contributed by atoms with Crippen molar-refractivity contribution in [1.82, 2.24) is 10.6 Å². The third-order valence-electron chi connectivity index (χ3n) is 3.92. The molecule has 0 heterocycles. The predicted octanol–water partition coefficient (Wildman–Crippen LogP) is 3.33. The maximum atomic E-state index is 6.17. The Morgan fingerprint density at radius 3 is 2.64 bits per heavy atom. The lowest BCUT2D eigenvalue weighted by Gasteiger charge is -2.18. The Balaban J connectivity index is 1.91. The molecule has 1 aromatic rings. The molecule has 1 fully saturated rings. The molecule has 0 unspecified atom stereocenters. The number of hydrogen-bond donors (Lipinski definition) is 2. The Morgan fingerprint density at radius 2 is 1.95 bits per heavy atom. The average molecular weight is 303 g/mol. The van der Waals surface area contributed by atoms with Gasteiger partial charge >= 0.3 is 0 Å². The number of para-hydroxylation sites is 1. The molecule has 0 radical (unpaired) electrons. The third-order valence-corrected chi connectivity index (χ3v) is 3.92. The largest absolute Gasteiger partial charge is 0.490 e. The highest BCUT2D eigenvalue weighted by molar-refractivity contribution is 5.79. The van der Waals surface area contributed by atoms with Gasteiger partial charge < -0.3 is 15.4 Å². The molecule has 0 bridgehead atoms. The molecule has 122 valence electrons. The lowest BCUT2D eigenvalue weighted by Crippen LogP contribution is -2.38. The van der Waals surface area contributed by atoms with E-state index in [0.717, 1.165) is 24.8 Å². The van der Waals surface area contributed by atoms with Crippen LogP contribution < -0.4 is 15.4 Å². The quantitative estimate of drug-likeness (QED) is 0.626. The summed E-state index contributed by atoms with van der Waals surface area (Å²) in [6, 6.07) is 8.29. The van der Waals surface area contributed by atoms with Gasteiger partial charge in [-0.25, -0.2) is 0 Å². The lowest BCUT2D eigenvalue weighted by atomic mass is 10.2. The molecule has 1 aromatic carbocycles. The van der Waals surface area contributed by atoms with Crippen LogP contribution in [0.5, 0.6) is 5.75 Å². The molecule has 0 spiro atoms. The van der Waals surface area contributed by atoms with E-state index in [9.17, 15) is 0 Å². The number of hydrogen-bond acceptors (Lipinski definition) is 2. The van der Waals surface area contributed by atoms with E-state index in [1.54, 1.807) is 7.05 Å². The monoisotopic (exact) mass is 303 g/mol. The van der Waals surface area contributed by atoms with Crippen LogP contribution in [0.2, 0.25) is 0 Å². The Bertz CT molecular complexity index is 479. The summed E-state index contributed by atoms with van der Waals surface area (Å²) >= 11 is 0. The summed E-state index contributed by atoms with van der Waals surface area (Å²) in [7, 11) is 1.80. The second kappa shape index (κ2) is 8.66. The van der Waals surface area contributed by atoms with Gasteiger partial charge in [-0.3, -0.25) is 4.99 Å². The zero-order valence-electron chi connectivity index (χ0n) is 14.1. The van der Waals surface area contributed by atoms with Crippen molar-refractivity contribution in [1.29, 1.82) is 0 Å². The van der Waals surface area contributed by atoms with E-state index in [1.807, 2.05) is 6.07 Å². The predicted molar refractivity (Wildman–Crippen MR) is 92.4 cm³/mol. The van der Waals surface area contributed by atoms with Crippen LogP contribution in [0.4, 0.5) is 0 Å². The SMILES string of the molecule is CN=C(NCc1ccccc1OC1CCCC1)NCC(C)C. The van der Waals surface area contributed by atoms with Crippen LogP contribution >= 0.6 is 0 Å². The second-order valence-corrected chi connectivity index (χ2v) is 6.33. The fourth-order valence-electron chi connectivity index (χ4n) is 2.65. The zero-order chi connectivity index (χ0) is 15.8. The van der Waals surface area contributed by atoms with Crippen molar-refractivity contribution in [3.63, 3.8) is 0 Å². The van der Waals surface area contributed by atoms with Crippen LogP contribution in [-0.4, -0.2) is 25.7 Å². The van der Waals surface area contributed by atoms with Gasteiger partial charge in [0.15, 0.2) is 5.96 Å². The Labute approximate surface area is 134 Å². The van der Waals surface area contributed by atoms with Crippen molar-refractivity contribution >= 4 is 5.96 Å². The molecule has 0 amide bonds. The van der Waals surface area contributed by atoms with Crippen molar-refractivity contribution < 1.29 is 4.74 Å². The molecule has 0 aliphatic heterocycles. The van der Waals surface area contributed by atoms with Gasteiger partial charge in [0.2, 0.25) is 0 Å². The summed E-state index contributed by atoms with van der Waals surface area (Å²) in [6.45, 7) is 6.01. The summed E-state index contributed by atoms with van der Waals surface area (Å²) in [5.41, 5.74) is 1.18. The van der Waals surface area contributed by atoms with Gasteiger partial charge in [0.05, 0.1) is 6.10 Å². The van der Waals surface area contributed by atoms with E-state index in [-0.39, 0.29) is 0 Å². The molecule has 2 rings (SSSR count). The Kier molecular flexibility index (Phi) is 6.56. The van der Waals surface area contributed by atoms with Crippen molar-refractivity contribution in [3.8, 4) is 5.75 Å². The maximum absolute atomic E-state index is 6.17. The second-order valence-electron chi connectivity index (χ2n) is 6.33. The summed E-state index contributed by atoms with van der Waals surface area (Å²) in [6.07, 6.45) is 5.33. The van der Waals surface area contributed by atoms with Gasteiger partial charge in [-0.2, -0.15) is 0 Å². The van der Waals surface area contributed by atoms with Crippen LogP contribution in [0.15, 0.2) is 29.3 Å². The fraction of sp³-hybridized carbons (Fsp3) is 0.611. The molecule has 2 N–H and O–H groups in total. The van der Waals surface area contributed by atoms with Crippen LogP contribution in [0.1, 0.15) is 45.1 Å². The van der Waals surface area contributed by atoms with Gasteiger partial charge in [-0.1, -0.05) is 32.0 Å². The highest BCUT2D eigenvalue weighted by Gasteiger charge is 2.17. The molecular formula is C18H29N3O. The van der Waals surface area contributed by atoms with Crippen LogP contribution in [-0.2, 0) is 6.54 Å². The molecule has 4 nitrogen and oxygen atoms in total. The molecule has 0 atom stereocenters. The first-order valence-electron chi connectivity index (χ1n) is 8.38. The van der Waals surface area contributed by atoms with E-state index in [4.69, 9.17) is 4.74 Å². The van der Waals surface area contributed by atoms with Crippen LogP contribution in [0.3, 0.4) is 0 Å². The van der Waals surface area contributed by atoms with E-state index in [0.29, 0.717) is 12.0 Å². The van der Waals surface area contributed by atoms with E-state index in [1.165, 1.54) is 31.2 Å². The first kappa shape index (κ1) is 16.7. The first-order valence-corrected chi connectivity index (χ1v) is 8.38. The van der Waals surface area contributed by atoms with E-state index >= 15 is 0 Å². The number of ether oxygens (including phenoxy) is 1. The lowest BCUT2D eigenvalue weighted by molar-refractivity contribution is 0.208. The molecule has 1 saturated carbocycles. The molecule has 0 saturated heterocycles. The highest BCUT2D eigenvalue weighted by Crippen LogP contribution is 2.26. The topological polar surface area (TPSA) is 45.7 Å². The molecular weight excluding hydrogens is 274 g/mol. The standard InChI is InChI=1S/C18H29N3O/c1-14(2)12-20-18(19-3)21-13-15-8-4-7-11-17(15)22-16-9-5-6-10-16/h4,7-8,11,14,16H,5-6,9-10,12-13H2,1-3H3,(H2,19,20,21). The zero-order valence-corrected chi connectivity index (χ0v) is 14.1. The minimum absolute atomic E-state index is 0.388. The average Bonchev–Trinajstić information content (AvgIpc) is 3.01.